The third-order valence-corrected chi connectivity index (χ3v) is 11.5. The van der Waals surface area contributed by atoms with Crippen LogP contribution in [-0.4, -0.2) is 73.1 Å². The highest BCUT2D eigenvalue weighted by Crippen LogP contribution is 2.42. The van der Waals surface area contributed by atoms with Crippen LogP contribution in [0, 0.1) is 17.3 Å². The van der Waals surface area contributed by atoms with Crippen molar-refractivity contribution in [1.29, 1.82) is 0 Å². The quantitative estimate of drug-likeness (QED) is 0.108. The van der Waals surface area contributed by atoms with E-state index in [-0.39, 0.29) is 23.3 Å². The SMILES string of the molecule is CC.CCn1c(-c2cccnc2C(C)OC)c(CC(C)(C)COC=O)c2cc(-c3cccc(CC(C=O)NC(=O)C(C)C4CCCC4)c3)ccc21.CN1CCCCN1. The molecule has 6 rings (SSSR count). The highest BCUT2D eigenvalue weighted by molar-refractivity contribution is 5.95. The molecular weight excluding hydrogens is 727 g/mol. The molecule has 1 saturated heterocycles. The summed E-state index contributed by atoms with van der Waals surface area (Å²) >= 11 is 0. The minimum atomic E-state index is -0.583. The molecule has 10 nitrogen and oxygen atoms in total. The van der Waals surface area contributed by atoms with E-state index in [9.17, 15) is 14.4 Å². The Morgan fingerprint density at radius 1 is 1.02 bits per heavy atom. The molecule has 1 saturated carbocycles. The number of aryl methyl sites for hydroxylation is 1. The van der Waals surface area contributed by atoms with Crippen molar-refractivity contribution in [3.8, 4) is 22.4 Å². The van der Waals surface area contributed by atoms with Crippen molar-refractivity contribution in [2.24, 2.45) is 17.3 Å². The summed E-state index contributed by atoms with van der Waals surface area (Å²) < 4.78 is 13.4. The number of nitrogens with zero attached hydrogens (tertiary/aromatic N) is 3. The average Bonchev–Trinajstić information content (AvgIpc) is 3.90. The number of rotatable bonds is 16. The van der Waals surface area contributed by atoms with E-state index in [1.54, 1.807) is 13.3 Å². The molecule has 2 aromatic carbocycles. The zero-order valence-corrected chi connectivity index (χ0v) is 36.6. The van der Waals surface area contributed by atoms with E-state index >= 15 is 0 Å². The van der Waals surface area contributed by atoms with Gasteiger partial charge in [-0.05, 0) is 105 Å². The molecule has 0 spiro atoms. The third kappa shape index (κ3) is 12.1. The van der Waals surface area contributed by atoms with Crippen LogP contribution in [0.1, 0.15) is 110 Å². The molecule has 0 bridgehead atoms. The van der Waals surface area contributed by atoms with Crippen LogP contribution >= 0.6 is 0 Å². The highest BCUT2D eigenvalue weighted by Gasteiger charge is 2.30. The Morgan fingerprint density at radius 3 is 2.38 bits per heavy atom. The minimum absolute atomic E-state index is 0.0347. The number of carbonyl (C=O) groups excluding carboxylic acids is 3. The van der Waals surface area contributed by atoms with Gasteiger partial charge in [0, 0.05) is 67.8 Å². The molecule has 1 amide bonds. The molecular formula is C48H69N5O5. The van der Waals surface area contributed by atoms with Gasteiger partial charge in [0.25, 0.3) is 6.47 Å². The smallest absolute Gasteiger partial charge is 0.293 e. The Bertz CT molecular complexity index is 1910. The van der Waals surface area contributed by atoms with Crippen LogP contribution in [0.5, 0.6) is 0 Å². The van der Waals surface area contributed by atoms with Crippen LogP contribution < -0.4 is 10.7 Å². The maximum Gasteiger partial charge on any atom is 0.293 e. The highest BCUT2D eigenvalue weighted by atomic mass is 16.5. The van der Waals surface area contributed by atoms with Crippen molar-refractivity contribution < 1.29 is 23.9 Å². The van der Waals surface area contributed by atoms with Gasteiger partial charge in [-0.25, -0.2) is 5.01 Å². The molecule has 2 fully saturated rings. The standard InChI is InChI=1S/C41H51N3O5.C5H12N2.C2H6/c1-7-44-37-18-17-32(31-15-10-12-29(20-31)21-33(24-45)43-40(47)27(2)30-13-8-9-14-30)22-35(37)36(23-41(4,5)25-49-26-46)39(44)34-16-11-19-42-38(34)28(3)48-6;1-7-5-3-2-4-6-7;1-2/h10-12,15-20,22,24,26-28,30,33H,7-9,13-14,21,23,25H2,1-6H3,(H,43,47);6H,2-5H2,1H3;1-2H3. The first-order chi connectivity index (χ1) is 28.0. The number of aldehydes is 1. The van der Waals surface area contributed by atoms with Gasteiger partial charge in [0.1, 0.15) is 6.29 Å². The van der Waals surface area contributed by atoms with E-state index in [4.69, 9.17) is 14.5 Å². The summed E-state index contributed by atoms with van der Waals surface area (Å²) in [4.78, 5) is 41.1. The normalized spacial score (nSPS) is 16.3. The molecule has 4 aromatic rings. The Labute approximate surface area is 347 Å². The van der Waals surface area contributed by atoms with E-state index in [1.165, 1.54) is 32.2 Å². The van der Waals surface area contributed by atoms with Gasteiger partial charge in [0.15, 0.2) is 0 Å². The van der Waals surface area contributed by atoms with Crippen LogP contribution in [0.25, 0.3) is 33.3 Å². The number of hydrogen-bond acceptors (Lipinski definition) is 8. The van der Waals surface area contributed by atoms with Gasteiger partial charge in [-0.1, -0.05) is 77.8 Å². The number of carbonyl (C=O) groups is 3. The summed E-state index contributed by atoms with van der Waals surface area (Å²) in [5, 5.41) is 6.28. The van der Waals surface area contributed by atoms with Gasteiger partial charge in [-0.15, -0.1) is 0 Å². The lowest BCUT2D eigenvalue weighted by Crippen LogP contribution is -2.42. The zero-order valence-electron chi connectivity index (χ0n) is 36.6. The lowest BCUT2D eigenvalue weighted by molar-refractivity contribution is -0.131. The maximum absolute atomic E-state index is 13.0. The third-order valence-electron chi connectivity index (χ3n) is 11.5. The summed E-state index contributed by atoms with van der Waals surface area (Å²) in [6, 6.07) is 18.3. The van der Waals surface area contributed by atoms with Gasteiger partial charge in [-0.2, -0.15) is 0 Å². The topological polar surface area (TPSA) is 115 Å². The Kier molecular flexibility index (Phi) is 18.1. The zero-order chi connectivity index (χ0) is 42.2. The van der Waals surface area contributed by atoms with Crippen molar-refractivity contribution in [1.82, 2.24) is 25.3 Å². The molecule has 2 aromatic heterocycles. The number of fused-ring (bicyclic) bond motifs is 1. The van der Waals surface area contributed by atoms with Gasteiger partial charge in [-0.3, -0.25) is 20.0 Å². The number of pyridine rings is 1. The summed E-state index contributed by atoms with van der Waals surface area (Å²) in [6.07, 6.45) is 10.7. The molecule has 316 valence electrons. The van der Waals surface area contributed by atoms with Gasteiger partial charge in [0.2, 0.25) is 5.91 Å². The number of methoxy groups -OCH3 is 1. The molecule has 10 heteroatoms. The number of hydrazine groups is 1. The number of nitrogens with one attached hydrogen (secondary N) is 2. The molecule has 3 heterocycles. The van der Waals surface area contributed by atoms with E-state index in [0.717, 1.165) is 82.3 Å². The maximum atomic E-state index is 13.0. The summed E-state index contributed by atoms with van der Waals surface area (Å²) in [5.41, 5.74) is 11.2. The van der Waals surface area contributed by atoms with E-state index in [1.807, 2.05) is 45.9 Å². The number of aromatic nitrogens is 2. The van der Waals surface area contributed by atoms with Crippen molar-refractivity contribution in [2.75, 3.05) is 33.9 Å². The van der Waals surface area contributed by atoms with Gasteiger partial charge in [0.05, 0.1) is 30.1 Å². The van der Waals surface area contributed by atoms with Crippen molar-refractivity contribution in [3.05, 3.63) is 77.6 Å². The summed E-state index contributed by atoms with van der Waals surface area (Å²) in [6.45, 7) is 18.3. The van der Waals surface area contributed by atoms with Crippen LogP contribution in [0.4, 0.5) is 0 Å². The molecule has 1 aliphatic carbocycles. The fourth-order valence-corrected chi connectivity index (χ4v) is 8.34. The minimum Gasteiger partial charge on any atom is -0.467 e. The van der Waals surface area contributed by atoms with Crippen molar-refractivity contribution >= 4 is 29.6 Å². The average molecular weight is 796 g/mol. The second-order valence-electron chi connectivity index (χ2n) is 16.4. The first-order valence-electron chi connectivity index (χ1n) is 21.5. The van der Waals surface area contributed by atoms with Crippen molar-refractivity contribution in [3.63, 3.8) is 0 Å². The monoisotopic (exact) mass is 796 g/mol. The lowest BCUT2D eigenvalue weighted by atomic mass is 9.84. The second-order valence-corrected chi connectivity index (χ2v) is 16.4. The predicted molar refractivity (Wildman–Crippen MR) is 235 cm³/mol. The first-order valence-corrected chi connectivity index (χ1v) is 21.5. The second kappa shape index (κ2) is 22.7. The van der Waals surface area contributed by atoms with E-state index < -0.39 is 6.04 Å². The molecule has 1 aliphatic heterocycles. The van der Waals surface area contributed by atoms with E-state index in [2.05, 4.69) is 84.5 Å². The fourth-order valence-electron chi connectivity index (χ4n) is 8.34. The summed E-state index contributed by atoms with van der Waals surface area (Å²) in [5.74, 6) is 0.273. The van der Waals surface area contributed by atoms with Crippen LogP contribution in [0.15, 0.2) is 60.8 Å². The van der Waals surface area contributed by atoms with Crippen LogP contribution in [0.2, 0.25) is 0 Å². The molecule has 2 aliphatic rings. The largest absolute Gasteiger partial charge is 0.467 e. The Balaban J connectivity index is 0.000000737. The predicted octanol–water partition coefficient (Wildman–Crippen LogP) is 9.13. The molecule has 0 radical (unpaired) electrons. The number of hydrogen-bond donors (Lipinski definition) is 2. The molecule has 3 unspecified atom stereocenters. The van der Waals surface area contributed by atoms with Crippen LogP contribution in [0.3, 0.4) is 0 Å². The van der Waals surface area contributed by atoms with Gasteiger partial charge >= 0.3 is 0 Å². The van der Waals surface area contributed by atoms with E-state index in [0.29, 0.717) is 31.8 Å². The Morgan fingerprint density at radius 2 is 1.76 bits per heavy atom. The number of benzene rings is 2. The number of ether oxygens (including phenoxy) is 2. The summed E-state index contributed by atoms with van der Waals surface area (Å²) in [7, 11) is 3.78. The first kappa shape index (κ1) is 46.3. The van der Waals surface area contributed by atoms with Crippen LogP contribution in [-0.2, 0) is 43.2 Å². The van der Waals surface area contributed by atoms with Gasteiger partial charge < -0.3 is 24.2 Å². The lowest BCUT2D eigenvalue weighted by Gasteiger charge is -2.25. The molecule has 58 heavy (non-hydrogen) atoms. The Hall–Kier alpha value is -4.38. The van der Waals surface area contributed by atoms with Crippen molar-refractivity contribution in [2.45, 2.75) is 119 Å². The number of amides is 1. The molecule has 2 N–H and O–H groups in total. The molecule has 3 atom stereocenters. The fraction of sp³-hybridized carbons (Fsp3) is 0.542.